The minimum Gasteiger partial charge on any atom is -0.486 e. The lowest BCUT2D eigenvalue weighted by molar-refractivity contribution is 0.171. The van der Waals surface area contributed by atoms with Crippen LogP contribution in [0.1, 0.15) is 24.0 Å². The number of aryl methyl sites for hydroxylation is 1. The first-order valence-corrected chi connectivity index (χ1v) is 7.05. The minimum atomic E-state index is 0.646. The second kappa shape index (κ2) is 7.36. The van der Waals surface area contributed by atoms with Crippen LogP contribution in [-0.2, 0) is 6.54 Å². The van der Waals surface area contributed by atoms with Gasteiger partial charge in [0.1, 0.15) is 13.2 Å². The largest absolute Gasteiger partial charge is 0.486 e. The summed E-state index contributed by atoms with van der Waals surface area (Å²) in [6.45, 7) is 6.45. The van der Waals surface area contributed by atoms with Crippen molar-refractivity contribution in [3.8, 4) is 11.5 Å². The van der Waals surface area contributed by atoms with Gasteiger partial charge in [-0.15, -0.1) is 0 Å². The Morgan fingerprint density at radius 1 is 1.05 bits per heavy atom. The van der Waals surface area contributed by atoms with Crippen molar-refractivity contribution in [2.45, 2.75) is 26.3 Å². The maximum Gasteiger partial charge on any atom is 0.161 e. The van der Waals surface area contributed by atoms with Crippen LogP contribution >= 0.6 is 0 Å². The summed E-state index contributed by atoms with van der Waals surface area (Å²) in [4.78, 5) is 0. The fourth-order valence-corrected chi connectivity index (χ4v) is 2.20. The first-order valence-electron chi connectivity index (χ1n) is 7.05. The molecule has 1 aromatic carbocycles. The number of rotatable bonds is 7. The Morgan fingerprint density at radius 3 is 2.47 bits per heavy atom. The molecular weight excluding hydrogens is 240 g/mol. The van der Waals surface area contributed by atoms with Gasteiger partial charge in [0.05, 0.1) is 0 Å². The van der Waals surface area contributed by atoms with Crippen molar-refractivity contribution < 1.29 is 9.47 Å². The van der Waals surface area contributed by atoms with E-state index < -0.39 is 0 Å². The number of nitrogens with one attached hydrogen (secondary N) is 2. The van der Waals surface area contributed by atoms with Crippen molar-refractivity contribution in [2.24, 2.45) is 0 Å². The van der Waals surface area contributed by atoms with Gasteiger partial charge in [0, 0.05) is 6.54 Å². The van der Waals surface area contributed by atoms with Crippen LogP contribution in [0.4, 0.5) is 0 Å². The molecule has 0 saturated heterocycles. The monoisotopic (exact) mass is 264 g/mol. The molecule has 1 aliphatic rings. The van der Waals surface area contributed by atoms with Crippen LogP contribution in [0.15, 0.2) is 12.1 Å². The van der Waals surface area contributed by atoms with Gasteiger partial charge in [-0.1, -0.05) is 0 Å². The highest BCUT2D eigenvalue weighted by Gasteiger charge is 2.13. The lowest BCUT2D eigenvalue weighted by atomic mass is 10.1. The van der Waals surface area contributed by atoms with Gasteiger partial charge in [-0.05, 0) is 63.2 Å². The van der Waals surface area contributed by atoms with Gasteiger partial charge in [0.25, 0.3) is 0 Å². The summed E-state index contributed by atoms with van der Waals surface area (Å²) in [6, 6.07) is 4.18. The van der Waals surface area contributed by atoms with Crippen molar-refractivity contribution in [3.05, 3.63) is 23.3 Å². The third kappa shape index (κ3) is 4.11. The zero-order valence-corrected chi connectivity index (χ0v) is 11.9. The normalized spacial score (nSPS) is 13.6. The Balaban J connectivity index is 1.83. The fourth-order valence-electron chi connectivity index (χ4n) is 2.20. The molecule has 0 saturated carbocycles. The Kier molecular flexibility index (Phi) is 5.48. The molecule has 0 fully saturated rings. The van der Waals surface area contributed by atoms with E-state index >= 15 is 0 Å². The number of ether oxygens (including phenoxy) is 2. The molecule has 0 spiro atoms. The van der Waals surface area contributed by atoms with Crippen molar-refractivity contribution in [2.75, 3.05) is 33.4 Å². The van der Waals surface area contributed by atoms with E-state index in [9.17, 15) is 0 Å². The van der Waals surface area contributed by atoms with E-state index in [2.05, 4.69) is 29.7 Å². The van der Waals surface area contributed by atoms with Crippen LogP contribution < -0.4 is 20.1 Å². The average Bonchev–Trinajstić information content (AvgIpc) is 2.43. The second-order valence-corrected chi connectivity index (χ2v) is 4.91. The number of benzene rings is 1. The summed E-state index contributed by atoms with van der Waals surface area (Å²) < 4.78 is 11.2. The van der Waals surface area contributed by atoms with Crippen molar-refractivity contribution in [1.82, 2.24) is 10.6 Å². The molecule has 4 heteroatoms. The van der Waals surface area contributed by atoms with Gasteiger partial charge in [0.2, 0.25) is 0 Å². The van der Waals surface area contributed by atoms with E-state index in [0.29, 0.717) is 13.2 Å². The van der Waals surface area contributed by atoms with Crippen LogP contribution in [0.2, 0.25) is 0 Å². The molecule has 0 aromatic heterocycles. The molecule has 106 valence electrons. The summed E-state index contributed by atoms with van der Waals surface area (Å²) in [5.74, 6) is 1.75. The summed E-state index contributed by atoms with van der Waals surface area (Å²) in [6.07, 6.45) is 2.41. The third-order valence-corrected chi connectivity index (χ3v) is 3.35. The molecule has 0 aliphatic carbocycles. The number of hydrogen-bond donors (Lipinski definition) is 2. The predicted molar refractivity (Wildman–Crippen MR) is 77.0 cm³/mol. The molecule has 2 rings (SSSR count). The summed E-state index contributed by atoms with van der Waals surface area (Å²) in [5.41, 5.74) is 2.55. The van der Waals surface area contributed by atoms with E-state index in [1.165, 1.54) is 24.0 Å². The summed E-state index contributed by atoms with van der Waals surface area (Å²) >= 11 is 0. The predicted octanol–water partition coefficient (Wildman–Crippen LogP) is 1.86. The van der Waals surface area contributed by atoms with E-state index in [-0.39, 0.29) is 0 Å². The zero-order valence-electron chi connectivity index (χ0n) is 11.9. The summed E-state index contributed by atoms with van der Waals surface area (Å²) in [7, 11) is 1.99. The van der Waals surface area contributed by atoms with Crippen LogP contribution in [0.3, 0.4) is 0 Å². The smallest absolute Gasteiger partial charge is 0.161 e. The van der Waals surface area contributed by atoms with E-state index in [1.807, 2.05) is 7.05 Å². The van der Waals surface area contributed by atoms with Gasteiger partial charge >= 0.3 is 0 Å². The molecule has 2 N–H and O–H groups in total. The fraction of sp³-hybridized carbons (Fsp3) is 0.600. The number of unbranched alkanes of at least 4 members (excludes halogenated alkanes) is 1. The quantitative estimate of drug-likeness (QED) is 0.738. The lowest BCUT2D eigenvalue weighted by Crippen LogP contribution is -2.19. The van der Waals surface area contributed by atoms with Gasteiger partial charge < -0.3 is 20.1 Å². The average molecular weight is 264 g/mol. The highest BCUT2D eigenvalue weighted by molar-refractivity contribution is 5.47. The lowest BCUT2D eigenvalue weighted by Gasteiger charge is -2.20. The van der Waals surface area contributed by atoms with Gasteiger partial charge in [-0.2, -0.15) is 0 Å². The van der Waals surface area contributed by atoms with Crippen molar-refractivity contribution in [1.29, 1.82) is 0 Å². The molecule has 0 amide bonds. The van der Waals surface area contributed by atoms with Gasteiger partial charge in [0.15, 0.2) is 11.5 Å². The van der Waals surface area contributed by atoms with Crippen LogP contribution in [-0.4, -0.2) is 33.4 Å². The molecule has 0 radical (unpaired) electrons. The first kappa shape index (κ1) is 14.2. The van der Waals surface area contributed by atoms with Gasteiger partial charge in [-0.3, -0.25) is 0 Å². The Morgan fingerprint density at radius 2 is 1.74 bits per heavy atom. The molecule has 0 atom stereocenters. The Hall–Kier alpha value is -1.26. The van der Waals surface area contributed by atoms with Crippen LogP contribution in [0.25, 0.3) is 0 Å². The second-order valence-electron chi connectivity index (χ2n) is 4.91. The molecule has 1 heterocycles. The van der Waals surface area contributed by atoms with Crippen molar-refractivity contribution in [3.63, 3.8) is 0 Å². The SMILES string of the molecule is CNCCCCNCc1cc2c(cc1C)OCCO2. The van der Waals surface area contributed by atoms with Crippen molar-refractivity contribution >= 4 is 0 Å². The highest BCUT2D eigenvalue weighted by Crippen LogP contribution is 2.32. The van der Waals surface area contributed by atoms with E-state index in [4.69, 9.17) is 9.47 Å². The van der Waals surface area contributed by atoms with Crippen LogP contribution in [0.5, 0.6) is 11.5 Å². The third-order valence-electron chi connectivity index (χ3n) is 3.35. The van der Waals surface area contributed by atoms with E-state index in [1.54, 1.807) is 0 Å². The maximum atomic E-state index is 5.62. The highest BCUT2D eigenvalue weighted by atomic mass is 16.6. The number of hydrogen-bond acceptors (Lipinski definition) is 4. The zero-order chi connectivity index (χ0) is 13.5. The maximum absolute atomic E-state index is 5.62. The first-order chi connectivity index (χ1) is 9.31. The molecular formula is C15H24N2O2. The number of fused-ring (bicyclic) bond motifs is 1. The minimum absolute atomic E-state index is 0.646. The molecule has 4 nitrogen and oxygen atoms in total. The van der Waals surface area contributed by atoms with E-state index in [0.717, 1.165) is 31.1 Å². The Bertz CT molecular complexity index is 407. The van der Waals surface area contributed by atoms with Gasteiger partial charge in [-0.25, -0.2) is 0 Å². The topological polar surface area (TPSA) is 42.5 Å². The standard InChI is InChI=1S/C15H24N2O2/c1-12-9-14-15(19-8-7-18-14)10-13(12)11-17-6-4-3-5-16-2/h9-10,16-17H,3-8,11H2,1-2H3. The molecule has 1 aliphatic heterocycles. The molecule has 1 aromatic rings. The molecule has 19 heavy (non-hydrogen) atoms. The van der Waals surface area contributed by atoms with Crippen LogP contribution in [0, 0.1) is 6.92 Å². The Labute approximate surface area is 115 Å². The summed E-state index contributed by atoms with van der Waals surface area (Å²) in [5, 5.41) is 6.65. The molecule has 0 bridgehead atoms. The molecule has 0 unspecified atom stereocenters.